The van der Waals surface area contributed by atoms with Crippen LogP contribution < -0.4 is 14.8 Å². The van der Waals surface area contributed by atoms with Crippen molar-refractivity contribution in [3.8, 4) is 11.5 Å². The van der Waals surface area contributed by atoms with E-state index in [0.717, 1.165) is 16.7 Å². The molecule has 168 valence electrons. The van der Waals surface area contributed by atoms with Crippen LogP contribution in [0.4, 0.5) is 10.5 Å². The molecule has 7 nitrogen and oxygen atoms in total. The van der Waals surface area contributed by atoms with E-state index in [1.54, 1.807) is 42.5 Å². The predicted molar refractivity (Wildman–Crippen MR) is 129 cm³/mol. The zero-order valence-electron chi connectivity index (χ0n) is 17.5. The van der Waals surface area contributed by atoms with Crippen LogP contribution >= 0.6 is 39.3 Å². The smallest absolute Gasteiger partial charge is 0.294 e. The van der Waals surface area contributed by atoms with Crippen molar-refractivity contribution in [2.75, 3.05) is 19.0 Å². The second kappa shape index (κ2) is 10.4. The van der Waals surface area contributed by atoms with Gasteiger partial charge in [0.15, 0.2) is 11.5 Å². The average molecular weight is 540 g/mol. The van der Waals surface area contributed by atoms with E-state index in [0.29, 0.717) is 32.2 Å². The Hall–Kier alpha value is -2.49. The summed E-state index contributed by atoms with van der Waals surface area (Å²) in [6.45, 7) is 3.39. The zero-order valence-corrected chi connectivity index (χ0v) is 20.6. The maximum Gasteiger partial charge on any atom is 0.294 e. The van der Waals surface area contributed by atoms with Crippen LogP contribution in [0, 0.1) is 0 Å². The number of nitrogens with one attached hydrogen (secondary N) is 1. The number of ether oxygens (including phenoxy) is 2. The normalized spacial score (nSPS) is 14.9. The first kappa shape index (κ1) is 24.2. The van der Waals surface area contributed by atoms with Crippen LogP contribution in [0.1, 0.15) is 19.4 Å². The topological polar surface area (TPSA) is 84.9 Å². The van der Waals surface area contributed by atoms with Crippen LogP contribution in [0.25, 0.3) is 6.08 Å². The molecule has 1 N–H and O–H groups in total. The maximum absolute atomic E-state index is 12.8. The maximum atomic E-state index is 12.8. The Bertz CT molecular complexity index is 1110. The van der Waals surface area contributed by atoms with E-state index >= 15 is 0 Å². The van der Waals surface area contributed by atoms with Crippen LogP contribution in [0.5, 0.6) is 11.5 Å². The van der Waals surface area contributed by atoms with Gasteiger partial charge >= 0.3 is 0 Å². The molecule has 0 radical (unpaired) electrons. The van der Waals surface area contributed by atoms with Gasteiger partial charge in [-0.05, 0) is 77.4 Å². The van der Waals surface area contributed by atoms with Gasteiger partial charge in [0.2, 0.25) is 5.91 Å². The van der Waals surface area contributed by atoms with E-state index in [4.69, 9.17) is 21.1 Å². The Morgan fingerprint density at radius 1 is 1.28 bits per heavy atom. The largest absolute Gasteiger partial charge is 0.493 e. The number of carbonyl (C=O) groups is 3. The van der Waals surface area contributed by atoms with Gasteiger partial charge in [-0.2, -0.15) is 0 Å². The summed E-state index contributed by atoms with van der Waals surface area (Å²) in [5, 5.41) is 2.44. The number of hydrogen-bond acceptors (Lipinski definition) is 6. The van der Waals surface area contributed by atoms with Gasteiger partial charge in [0.05, 0.1) is 33.3 Å². The van der Waals surface area contributed by atoms with Crippen molar-refractivity contribution in [1.82, 2.24) is 4.90 Å². The summed E-state index contributed by atoms with van der Waals surface area (Å²) in [6.07, 6.45) is 1.52. The van der Waals surface area contributed by atoms with Crippen LogP contribution in [-0.2, 0) is 9.59 Å². The van der Waals surface area contributed by atoms with Crippen molar-refractivity contribution >= 4 is 68.1 Å². The predicted octanol–water partition coefficient (Wildman–Crippen LogP) is 5.57. The van der Waals surface area contributed by atoms with Crippen molar-refractivity contribution in [1.29, 1.82) is 0 Å². The van der Waals surface area contributed by atoms with Gasteiger partial charge in [0.25, 0.3) is 11.1 Å². The Morgan fingerprint density at radius 3 is 2.66 bits per heavy atom. The van der Waals surface area contributed by atoms with E-state index < -0.39 is 23.6 Å². The molecular formula is C22H20BrClN2O5S. The number of benzene rings is 2. The minimum atomic E-state index is -0.549. The van der Waals surface area contributed by atoms with Crippen LogP contribution in [0.2, 0.25) is 5.02 Å². The molecule has 1 heterocycles. The molecule has 0 unspecified atom stereocenters. The number of imide groups is 1. The van der Waals surface area contributed by atoms with Gasteiger partial charge in [0, 0.05) is 0 Å². The molecule has 0 spiro atoms. The first-order valence-electron chi connectivity index (χ1n) is 9.53. The monoisotopic (exact) mass is 538 g/mol. The molecule has 0 bridgehead atoms. The molecule has 3 amide bonds. The summed E-state index contributed by atoms with van der Waals surface area (Å²) in [5.41, 5.74) is 1.04. The second-order valence-corrected chi connectivity index (χ2v) is 9.25. The number of nitrogens with zero attached hydrogens (tertiary/aromatic N) is 1. The molecule has 0 saturated carbocycles. The Balaban J connectivity index is 1.77. The number of halogens is 2. The fourth-order valence-electron chi connectivity index (χ4n) is 2.86. The minimum absolute atomic E-state index is 0.0561. The molecule has 32 heavy (non-hydrogen) atoms. The van der Waals surface area contributed by atoms with Crippen molar-refractivity contribution < 1.29 is 23.9 Å². The number of hydrogen-bond donors (Lipinski definition) is 1. The summed E-state index contributed by atoms with van der Waals surface area (Å²) in [7, 11) is 1.52. The Labute approximate surface area is 203 Å². The van der Waals surface area contributed by atoms with Gasteiger partial charge in [0.1, 0.15) is 6.54 Å². The lowest BCUT2D eigenvalue weighted by Gasteiger charge is -2.16. The third kappa shape index (κ3) is 5.65. The van der Waals surface area contributed by atoms with E-state index in [2.05, 4.69) is 21.2 Å². The van der Waals surface area contributed by atoms with Crippen LogP contribution in [0.3, 0.4) is 0 Å². The summed E-state index contributed by atoms with van der Waals surface area (Å²) >= 11 is 10.3. The molecule has 0 aliphatic carbocycles. The van der Waals surface area contributed by atoms with Gasteiger partial charge in [-0.1, -0.05) is 23.7 Å². The number of methoxy groups -OCH3 is 1. The van der Waals surface area contributed by atoms with Gasteiger partial charge < -0.3 is 14.8 Å². The zero-order chi connectivity index (χ0) is 23.4. The standard InChI is InChI=1S/C22H20BrClN2O5S/c1-12(2)31-20-14(23)8-13(9-17(20)30-3)10-18-21(28)26(22(29)32-18)11-19(27)25-16-7-5-4-6-15(16)24/h4-10,12H,11H2,1-3H3,(H,25,27)/b18-10+. The quantitative estimate of drug-likeness (QED) is 0.463. The molecule has 3 rings (SSSR count). The first-order chi connectivity index (χ1) is 15.2. The summed E-state index contributed by atoms with van der Waals surface area (Å²) in [4.78, 5) is 38.6. The summed E-state index contributed by atoms with van der Waals surface area (Å²) in [5.74, 6) is -0.0465. The van der Waals surface area contributed by atoms with E-state index in [9.17, 15) is 14.4 Å². The number of carbonyl (C=O) groups excluding carboxylic acids is 3. The fraction of sp³-hybridized carbons (Fsp3) is 0.227. The number of amides is 3. The Morgan fingerprint density at radius 2 is 2.00 bits per heavy atom. The highest BCUT2D eigenvalue weighted by Crippen LogP contribution is 2.39. The summed E-state index contributed by atoms with van der Waals surface area (Å²) < 4.78 is 11.8. The Kier molecular flexibility index (Phi) is 7.86. The molecule has 2 aromatic rings. The van der Waals surface area contributed by atoms with E-state index in [1.165, 1.54) is 7.11 Å². The SMILES string of the molecule is COc1cc(/C=C2/SC(=O)N(CC(=O)Nc3ccccc3Cl)C2=O)cc(Br)c1OC(C)C. The average Bonchev–Trinajstić information content (AvgIpc) is 2.98. The van der Waals surface area contributed by atoms with Crippen molar-refractivity contribution in [3.63, 3.8) is 0 Å². The van der Waals surface area contributed by atoms with Crippen molar-refractivity contribution in [2.24, 2.45) is 0 Å². The highest BCUT2D eigenvalue weighted by molar-refractivity contribution is 9.10. The molecule has 0 atom stereocenters. The lowest BCUT2D eigenvalue weighted by Crippen LogP contribution is -2.36. The molecule has 2 aromatic carbocycles. The fourth-order valence-corrected chi connectivity index (χ4v) is 4.43. The van der Waals surface area contributed by atoms with Gasteiger partial charge in [-0.15, -0.1) is 0 Å². The lowest BCUT2D eigenvalue weighted by molar-refractivity contribution is -0.127. The molecule has 0 aromatic heterocycles. The number of rotatable bonds is 7. The van der Waals surface area contributed by atoms with E-state index in [-0.39, 0.29) is 11.0 Å². The molecule has 1 saturated heterocycles. The number of para-hydroxylation sites is 1. The first-order valence-corrected chi connectivity index (χ1v) is 11.5. The van der Waals surface area contributed by atoms with Crippen LogP contribution in [-0.4, -0.2) is 41.7 Å². The third-order valence-electron chi connectivity index (χ3n) is 4.23. The minimum Gasteiger partial charge on any atom is -0.493 e. The van der Waals surface area contributed by atoms with Crippen molar-refractivity contribution in [3.05, 3.63) is 56.4 Å². The molecule has 1 fully saturated rings. The van der Waals surface area contributed by atoms with Gasteiger partial charge in [-0.3, -0.25) is 19.3 Å². The molecule has 1 aliphatic heterocycles. The van der Waals surface area contributed by atoms with Gasteiger partial charge in [-0.25, -0.2) is 0 Å². The summed E-state index contributed by atoms with van der Waals surface area (Å²) in [6, 6.07) is 10.2. The molecule has 1 aliphatic rings. The number of anilines is 1. The second-order valence-electron chi connectivity index (χ2n) is 7.00. The number of thioether (sulfide) groups is 1. The highest BCUT2D eigenvalue weighted by Gasteiger charge is 2.36. The lowest BCUT2D eigenvalue weighted by atomic mass is 10.1. The van der Waals surface area contributed by atoms with Crippen molar-refractivity contribution in [2.45, 2.75) is 20.0 Å². The van der Waals surface area contributed by atoms with E-state index in [1.807, 2.05) is 13.8 Å². The third-order valence-corrected chi connectivity index (χ3v) is 6.05. The van der Waals surface area contributed by atoms with Crippen LogP contribution in [0.15, 0.2) is 45.8 Å². The highest BCUT2D eigenvalue weighted by atomic mass is 79.9. The molecule has 10 heteroatoms. The molecular weight excluding hydrogens is 520 g/mol.